The molecule has 1 spiro atoms. The van der Waals surface area contributed by atoms with Crippen LogP contribution in [-0.4, -0.2) is 16.4 Å². The van der Waals surface area contributed by atoms with Crippen LogP contribution in [0.25, 0.3) is 0 Å². The number of hydrogen-bond donors (Lipinski definition) is 0. The van der Waals surface area contributed by atoms with Gasteiger partial charge in [0, 0.05) is 29.3 Å². The molecule has 2 aromatic carbocycles. The molecular formula is C20H19BrN2O. The number of fused-ring (bicyclic) bond motifs is 4. The maximum atomic E-state index is 6.53. The van der Waals surface area contributed by atoms with Gasteiger partial charge in [0.2, 0.25) is 0 Å². The smallest absolute Gasteiger partial charge is 0.198 e. The Morgan fingerprint density at radius 2 is 1.88 bits per heavy atom. The fraction of sp³-hybridized carbons (Fsp3) is 0.350. The number of nitrogens with zero attached hydrogens (tertiary/aromatic N) is 2. The second-order valence-electron chi connectivity index (χ2n) is 6.91. The second kappa shape index (κ2) is 5.35. The molecule has 3 nitrogen and oxygen atoms in total. The van der Waals surface area contributed by atoms with E-state index in [2.05, 4.69) is 69.5 Å². The quantitative estimate of drug-likeness (QED) is 0.671. The minimum Gasteiger partial charge on any atom is -0.466 e. The lowest BCUT2D eigenvalue weighted by Gasteiger charge is -2.45. The first kappa shape index (κ1) is 14.5. The highest BCUT2D eigenvalue weighted by Crippen LogP contribution is 2.52. The van der Waals surface area contributed by atoms with Gasteiger partial charge in [0.05, 0.1) is 11.8 Å². The summed E-state index contributed by atoms with van der Waals surface area (Å²) in [6, 6.07) is 17.2. The first-order chi connectivity index (χ1) is 11.8. The minimum absolute atomic E-state index is 0.248. The summed E-state index contributed by atoms with van der Waals surface area (Å²) in [5.74, 6) is 1.03. The van der Waals surface area contributed by atoms with Crippen molar-refractivity contribution in [2.75, 3.05) is 0 Å². The Morgan fingerprint density at radius 1 is 1.08 bits per heavy atom. The predicted molar refractivity (Wildman–Crippen MR) is 98.1 cm³/mol. The number of ether oxygens (including phenoxy) is 1. The Bertz CT molecular complexity index is 812. The van der Waals surface area contributed by atoms with E-state index >= 15 is 0 Å². The summed E-state index contributed by atoms with van der Waals surface area (Å²) in [6.07, 6.45) is 5.49. The lowest BCUT2D eigenvalue weighted by molar-refractivity contribution is -0.114. The van der Waals surface area contributed by atoms with Crippen LogP contribution in [0.3, 0.4) is 0 Å². The van der Waals surface area contributed by atoms with Crippen LogP contribution in [0.1, 0.15) is 49.3 Å². The molecule has 0 aromatic heterocycles. The second-order valence-corrected chi connectivity index (χ2v) is 7.83. The van der Waals surface area contributed by atoms with Gasteiger partial charge in [-0.15, -0.1) is 0 Å². The Morgan fingerprint density at radius 3 is 2.67 bits per heavy atom. The maximum Gasteiger partial charge on any atom is 0.198 e. The third-order valence-electron chi connectivity index (χ3n) is 5.45. The zero-order chi connectivity index (χ0) is 16.1. The molecule has 24 heavy (non-hydrogen) atoms. The van der Waals surface area contributed by atoms with Gasteiger partial charge in [0.25, 0.3) is 0 Å². The fourth-order valence-corrected chi connectivity index (χ4v) is 4.69. The van der Waals surface area contributed by atoms with Crippen molar-refractivity contribution in [3.8, 4) is 5.75 Å². The SMILES string of the molecule is Brc1ccc2c(c1)[C@@H]1CC(c3ccccc3)=NN1C1(CCCC1)O2. The van der Waals surface area contributed by atoms with E-state index in [1.54, 1.807) is 0 Å². The molecule has 0 amide bonds. The lowest BCUT2D eigenvalue weighted by atomic mass is 9.94. The largest absolute Gasteiger partial charge is 0.466 e. The van der Waals surface area contributed by atoms with Crippen molar-refractivity contribution in [2.24, 2.45) is 5.10 Å². The van der Waals surface area contributed by atoms with Crippen molar-refractivity contribution in [3.63, 3.8) is 0 Å². The number of halogens is 1. The lowest BCUT2D eigenvalue weighted by Crippen LogP contribution is -2.51. The number of rotatable bonds is 1. The monoisotopic (exact) mass is 382 g/mol. The van der Waals surface area contributed by atoms with Gasteiger partial charge in [-0.25, -0.2) is 5.01 Å². The molecule has 5 rings (SSSR count). The summed E-state index contributed by atoms with van der Waals surface area (Å²) in [4.78, 5) is 0. The van der Waals surface area contributed by atoms with Crippen LogP contribution < -0.4 is 4.74 Å². The van der Waals surface area contributed by atoms with Gasteiger partial charge in [-0.3, -0.25) is 0 Å². The summed E-state index contributed by atoms with van der Waals surface area (Å²) in [6.45, 7) is 0. The summed E-state index contributed by atoms with van der Waals surface area (Å²) < 4.78 is 7.63. The number of hydrogen-bond acceptors (Lipinski definition) is 3. The van der Waals surface area contributed by atoms with Crippen LogP contribution in [0.15, 0.2) is 58.1 Å². The van der Waals surface area contributed by atoms with E-state index in [0.29, 0.717) is 0 Å². The van der Waals surface area contributed by atoms with Gasteiger partial charge >= 0.3 is 0 Å². The molecule has 2 heterocycles. The first-order valence-electron chi connectivity index (χ1n) is 8.66. The van der Waals surface area contributed by atoms with E-state index in [1.807, 2.05) is 0 Å². The van der Waals surface area contributed by atoms with Gasteiger partial charge in [0.1, 0.15) is 5.75 Å². The zero-order valence-electron chi connectivity index (χ0n) is 13.4. The molecule has 0 radical (unpaired) electrons. The first-order valence-corrected chi connectivity index (χ1v) is 9.45. The highest BCUT2D eigenvalue weighted by atomic mass is 79.9. The average molecular weight is 383 g/mol. The third-order valence-corrected chi connectivity index (χ3v) is 5.94. The minimum atomic E-state index is -0.248. The number of hydrazone groups is 1. The topological polar surface area (TPSA) is 24.8 Å². The summed E-state index contributed by atoms with van der Waals surface area (Å²) in [5.41, 5.74) is 3.39. The molecule has 0 saturated heterocycles. The van der Waals surface area contributed by atoms with Crippen LogP contribution >= 0.6 is 15.9 Å². The molecule has 1 aliphatic carbocycles. The predicted octanol–water partition coefficient (Wildman–Crippen LogP) is 5.26. The Labute approximate surface area is 150 Å². The van der Waals surface area contributed by atoms with Gasteiger partial charge in [0.15, 0.2) is 5.72 Å². The van der Waals surface area contributed by atoms with Crippen LogP contribution in [0.4, 0.5) is 0 Å². The van der Waals surface area contributed by atoms with Crippen LogP contribution in [0, 0.1) is 0 Å². The van der Waals surface area contributed by atoms with Crippen LogP contribution in [-0.2, 0) is 0 Å². The normalized spacial score (nSPS) is 23.6. The standard InChI is InChI=1S/C20H19BrN2O/c21-15-8-9-19-16(12-15)18-13-17(14-6-2-1-3-7-14)22-23(18)20(24-19)10-4-5-11-20/h1-3,6-9,12,18H,4-5,10-11,13H2/t18-/m0/s1. The Balaban J connectivity index is 1.62. The molecule has 2 aromatic rings. The Hall–Kier alpha value is -1.81. The molecule has 4 heteroatoms. The Kier molecular flexibility index (Phi) is 3.24. The molecule has 0 bridgehead atoms. The molecule has 1 saturated carbocycles. The maximum absolute atomic E-state index is 6.53. The molecule has 1 fully saturated rings. The summed E-state index contributed by atoms with van der Waals surface area (Å²) in [7, 11) is 0. The van der Waals surface area contributed by atoms with Gasteiger partial charge in [-0.1, -0.05) is 46.3 Å². The van der Waals surface area contributed by atoms with E-state index in [4.69, 9.17) is 9.84 Å². The molecule has 2 aliphatic heterocycles. The van der Waals surface area contributed by atoms with E-state index in [-0.39, 0.29) is 11.8 Å². The average Bonchev–Trinajstić information content (AvgIpc) is 3.25. The van der Waals surface area contributed by atoms with E-state index in [1.165, 1.54) is 29.7 Å². The summed E-state index contributed by atoms with van der Waals surface area (Å²) >= 11 is 3.61. The third kappa shape index (κ3) is 2.12. The molecular weight excluding hydrogens is 364 g/mol. The summed E-state index contributed by atoms with van der Waals surface area (Å²) in [5, 5.41) is 7.33. The van der Waals surface area contributed by atoms with Gasteiger partial charge < -0.3 is 4.74 Å². The van der Waals surface area contributed by atoms with Crippen molar-refractivity contribution in [3.05, 3.63) is 64.1 Å². The van der Waals surface area contributed by atoms with E-state index in [9.17, 15) is 0 Å². The van der Waals surface area contributed by atoms with E-state index in [0.717, 1.165) is 29.5 Å². The van der Waals surface area contributed by atoms with Crippen molar-refractivity contribution in [1.82, 2.24) is 5.01 Å². The van der Waals surface area contributed by atoms with Crippen molar-refractivity contribution >= 4 is 21.6 Å². The fourth-order valence-electron chi connectivity index (χ4n) is 4.32. The van der Waals surface area contributed by atoms with Crippen LogP contribution in [0.5, 0.6) is 5.75 Å². The van der Waals surface area contributed by atoms with Gasteiger partial charge in [-0.2, -0.15) is 5.10 Å². The zero-order valence-corrected chi connectivity index (χ0v) is 15.0. The van der Waals surface area contributed by atoms with Gasteiger partial charge in [-0.05, 0) is 36.6 Å². The molecule has 0 unspecified atom stereocenters. The molecule has 122 valence electrons. The highest BCUT2D eigenvalue weighted by Gasteiger charge is 2.51. The molecule has 3 aliphatic rings. The van der Waals surface area contributed by atoms with Crippen LogP contribution in [0.2, 0.25) is 0 Å². The molecule has 1 atom stereocenters. The van der Waals surface area contributed by atoms with Crippen molar-refractivity contribution in [1.29, 1.82) is 0 Å². The molecule has 0 N–H and O–H groups in total. The van der Waals surface area contributed by atoms with E-state index < -0.39 is 0 Å². The van der Waals surface area contributed by atoms with Crippen molar-refractivity contribution < 1.29 is 4.74 Å². The highest BCUT2D eigenvalue weighted by molar-refractivity contribution is 9.10. The number of benzene rings is 2. The van der Waals surface area contributed by atoms with Crippen molar-refractivity contribution in [2.45, 2.75) is 43.9 Å².